The normalized spacial score (nSPS) is 10.8. The number of hydrogen-bond donors (Lipinski definition) is 1. The lowest BCUT2D eigenvalue weighted by Crippen LogP contribution is -2.20. The van der Waals surface area contributed by atoms with Crippen molar-refractivity contribution in [2.75, 3.05) is 19.5 Å². The van der Waals surface area contributed by atoms with Crippen molar-refractivity contribution in [3.63, 3.8) is 0 Å². The van der Waals surface area contributed by atoms with Crippen LogP contribution < -0.4 is 14.8 Å². The van der Waals surface area contributed by atoms with Crippen molar-refractivity contribution in [3.8, 4) is 11.5 Å². The first-order chi connectivity index (χ1) is 15.1. The average molecular weight is 415 g/mol. The molecule has 0 atom stereocenters. The van der Waals surface area contributed by atoms with Gasteiger partial charge in [0.05, 0.1) is 25.3 Å². The van der Waals surface area contributed by atoms with E-state index in [1.165, 1.54) is 0 Å². The second-order valence-corrected chi connectivity index (χ2v) is 7.33. The molecule has 0 unspecified atom stereocenters. The molecule has 0 fully saturated rings. The molecule has 1 heterocycles. The highest BCUT2D eigenvalue weighted by atomic mass is 16.5. The van der Waals surface area contributed by atoms with E-state index in [9.17, 15) is 4.79 Å². The van der Waals surface area contributed by atoms with Crippen LogP contribution in [0.2, 0.25) is 0 Å². The summed E-state index contributed by atoms with van der Waals surface area (Å²) >= 11 is 0. The number of hydrogen-bond acceptors (Lipinski definition) is 4. The molecule has 6 nitrogen and oxygen atoms in total. The van der Waals surface area contributed by atoms with E-state index >= 15 is 0 Å². The highest BCUT2D eigenvalue weighted by molar-refractivity contribution is 5.92. The maximum atomic E-state index is 12.9. The molecule has 1 N–H and O–H groups in total. The number of nitrogens with one attached hydrogen (secondary N) is 1. The van der Waals surface area contributed by atoms with Gasteiger partial charge in [-0.2, -0.15) is 0 Å². The van der Waals surface area contributed by atoms with Crippen molar-refractivity contribution in [1.82, 2.24) is 9.55 Å². The highest BCUT2D eigenvalue weighted by Crippen LogP contribution is 2.29. The van der Waals surface area contributed by atoms with E-state index in [4.69, 9.17) is 14.5 Å². The number of amides is 1. The lowest BCUT2D eigenvalue weighted by atomic mass is 10.1. The van der Waals surface area contributed by atoms with Crippen LogP contribution in [0, 0.1) is 6.92 Å². The molecular formula is C25H25N3O3. The summed E-state index contributed by atoms with van der Waals surface area (Å²) in [6.45, 7) is 2.15. The minimum absolute atomic E-state index is 0.0917. The Morgan fingerprint density at radius 2 is 1.71 bits per heavy atom. The predicted molar refractivity (Wildman–Crippen MR) is 122 cm³/mol. The van der Waals surface area contributed by atoms with E-state index in [-0.39, 0.29) is 12.5 Å². The predicted octanol–water partition coefficient (Wildman–Crippen LogP) is 4.59. The Kier molecular flexibility index (Phi) is 5.89. The summed E-state index contributed by atoms with van der Waals surface area (Å²) in [6, 6.07) is 21.4. The molecule has 158 valence electrons. The molecule has 4 aromatic rings. The number of anilines is 1. The van der Waals surface area contributed by atoms with Crippen molar-refractivity contribution >= 4 is 22.6 Å². The van der Waals surface area contributed by atoms with Crippen LogP contribution in [-0.2, 0) is 17.8 Å². The zero-order valence-corrected chi connectivity index (χ0v) is 17.9. The number of carbonyl (C=O) groups excluding carboxylic acids is 1. The standard InChI is InChI=1S/C25H25N3O3/c1-17-8-4-5-9-19(17)27-25(29)16-28-21-11-7-6-10-20(21)26-24(28)15-18-12-13-22(30-2)23(14-18)31-3/h4-14H,15-16H2,1-3H3,(H,27,29). The van der Waals surface area contributed by atoms with Gasteiger partial charge >= 0.3 is 0 Å². The molecule has 0 radical (unpaired) electrons. The van der Waals surface area contributed by atoms with Crippen molar-refractivity contribution in [2.24, 2.45) is 0 Å². The molecule has 0 spiro atoms. The van der Waals surface area contributed by atoms with Gasteiger partial charge in [0.15, 0.2) is 11.5 Å². The fourth-order valence-corrected chi connectivity index (χ4v) is 3.66. The Labute approximate surface area is 181 Å². The number of carbonyl (C=O) groups is 1. The first kappa shape index (κ1) is 20.5. The van der Waals surface area contributed by atoms with Crippen LogP contribution in [0.1, 0.15) is 17.0 Å². The second-order valence-electron chi connectivity index (χ2n) is 7.33. The Bertz CT molecular complexity index is 1230. The van der Waals surface area contributed by atoms with E-state index in [0.29, 0.717) is 17.9 Å². The van der Waals surface area contributed by atoms with Gasteiger partial charge in [-0.1, -0.05) is 36.4 Å². The molecule has 0 aliphatic carbocycles. The fourth-order valence-electron chi connectivity index (χ4n) is 3.66. The quantitative estimate of drug-likeness (QED) is 0.479. The third kappa shape index (κ3) is 4.38. The van der Waals surface area contributed by atoms with Crippen LogP contribution in [-0.4, -0.2) is 29.7 Å². The van der Waals surface area contributed by atoms with E-state index in [1.807, 2.05) is 78.2 Å². The molecule has 1 aromatic heterocycles. The number of benzene rings is 3. The molecule has 0 saturated heterocycles. The van der Waals surface area contributed by atoms with Gasteiger partial charge in [0.25, 0.3) is 0 Å². The largest absolute Gasteiger partial charge is 0.493 e. The van der Waals surface area contributed by atoms with Gasteiger partial charge in [-0.25, -0.2) is 4.98 Å². The second kappa shape index (κ2) is 8.92. The van der Waals surface area contributed by atoms with Crippen LogP contribution in [0.5, 0.6) is 11.5 Å². The number of rotatable bonds is 7. The number of methoxy groups -OCH3 is 2. The van der Waals surface area contributed by atoms with Crippen LogP contribution in [0.25, 0.3) is 11.0 Å². The van der Waals surface area contributed by atoms with Crippen molar-refractivity contribution < 1.29 is 14.3 Å². The van der Waals surface area contributed by atoms with Crippen LogP contribution in [0.15, 0.2) is 66.7 Å². The number of aryl methyl sites for hydroxylation is 1. The minimum atomic E-state index is -0.0917. The maximum absolute atomic E-state index is 12.9. The first-order valence-electron chi connectivity index (χ1n) is 10.1. The molecule has 6 heteroatoms. The summed E-state index contributed by atoms with van der Waals surface area (Å²) in [4.78, 5) is 17.7. The number of aromatic nitrogens is 2. The third-order valence-corrected chi connectivity index (χ3v) is 5.26. The molecule has 0 bridgehead atoms. The number of para-hydroxylation sites is 3. The molecular weight excluding hydrogens is 390 g/mol. The molecule has 0 aliphatic heterocycles. The SMILES string of the molecule is COc1ccc(Cc2nc3ccccc3n2CC(=O)Nc2ccccc2C)cc1OC. The van der Waals surface area contributed by atoms with E-state index < -0.39 is 0 Å². The maximum Gasteiger partial charge on any atom is 0.244 e. The third-order valence-electron chi connectivity index (χ3n) is 5.26. The van der Waals surface area contributed by atoms with Crippen molar-refractivity contribution in [1.29, 1.82) is 0 Å². The summed E-state index contributed by atoms with van der Waals surface area (Å²) < 4.78 is 12.7. The van der Waals surface area contributed by atoms with Crippen LogP contribution in [0.4, 0.5) is 5.69 Å². The molecule has 4 rings (SSSR count). The lowest BCUT2D eigenvalue weighted by Gasteiger charge is -2.13. The molecule has 0 saturated carbocycles. The lowest BCUT2D eigenvalue weighted by molar-refractivity contribution is -0.116. The Morgan fingerprint density at radius 3 is 2.48 bits per heavy atom. The number of imidazole rings is 1. The summed E-state index contributed by atoms with van der Waals surface area (Å²) in [6.07, 6.45) is 0.562. The van der Waals surface area contributed by atoms with Crippen molar-refractivity contribution in [2.45, 2.75) is 19.9 Å². The highest BCUT2D eigenvalue weighted by Gasteiger charge is 2.15. The van der Waals surface area contributed by atoms with Crippen LogP contribution >= 0.6 is 0 Å². The molecule has 31 heavy (non-hydrogen) atoms. The van der Waals surface area contributed by atoms with Crippen molar-refractivity contribution in [3.05, 3.63) is 83.7 Å². The van der Waals surface area contributed by atoms with Gasteiger partial charge in [0.2, 0.25) is 5.91 Å². The van der Waals surface area contributed by atoms with Gasteiger partial charge in [0, 0.05) is 12.1 Å². The Balaban J connectivity index is 1.65. The summed E-state index contributed by atoms with van der Waals surface area (Å²) in [7, 11) is 3.23. The molecule has 3 aromatic carbocycles. The zero-order chi connectivity index (χ0) is 21.8. The number of ether oxygens (including phenoxy) is 2. The van der Waals surface area contributed by atoms with Gasteiger partial charge in [-0.3, -0.25) is 4.79 Å². The topological polar surface area (TPSA) is 65.4 Å². The zero-order valence-electron chi connectivity index (χ0n) is 17.9. The molecule has 1 amide bonds. The monoisotopic (exact) mass is 415 g/mol. The molecule has 0 aliphatic rings. The van der Waals surface area contributed by atoms with Gasteiger partial charge in [0.1, 0.15) is 12.4 Å². The van der Waals surface area contributed by atoms with Gasteiger partial charge in [-0.15, -0.1) is 0 Å². The summed E-state index contributed by atoms with van der Waals surface area (Å²) in [5.41, 5.74) is 4.66. The Hall–Kier alpha value is -3.80. The fraction of sp³-hybridized carbons (Fsp3) is 0.200. The summed E-state index contributed by atoms with van der Waals surface area (Å²) in [5.74, 6) is 2.07. The van der Waals surface area contributed by atoms with Gasteiger partial charge < -0.3 is 19.4 Å². The van der Waals surface area contributed by atoms with Gasteiger partial charge in [-0.05, 0) is 48.4 Å². The Morgan fingerprint density at radius 1 is 0.968 bits per heavy atom. The minimum Gasteiger partial charge on any atom is -0.493 e. The summed E-state index contributed by atoms with van der Waals surface area (Å²) in [5, 5.41) is 3.01. The van der Waals surface area contributed by atoms with E-state index in [1.54, 1.807) is 14.2 Å². The number of fused-ring (bicyclic) bond motifs is 1. The first-order valence-corrected chi connectivity index (χ1v) is 10.1. The average Bonchev–Trinajstić information content (AvgIpc) is 3.12. The smallest absolute Gasteiger partial charge is 0.244 e. The van der Waals surface area contributed by atoms with E-state index in [2.05, 4.69) is 5.32 Å². The number of nitrogens with zero attached hydrogens (tertiary/aromatic N) is 2. The van der Waals surface area contributed by atoms with Crippen LogP contribution in [0.3, 0.4) is 0 Å². The van der Waals surface area contributed by atoms with E-state index in [0.717, 1.165) is 33.7 Å².